The molecule has 1 aliphatic rings. The molecule has 0 saturated heterocycles. The molecule has 8 heteroatoms. The van der Waals surface area contributed by atoms with Crippen molar-refractivity contribution in [3.63, 3.8) is 0 Å². The quantitative estimate of drug-likeness (QED) is 0.732. The van der Waals surface area contributed by atoms with Gasteiger partial charge in [0.1, 0.15) is 5.82 Å². The minimum Gasteiger partial charge on any atom is -0.493 e. The van der Waals surface area contributed by atoms with E-state index in [2.05, 4.69) is 20.4 Å². The Hall–Kier alpha value is -3.42. The first-order valence-electron chi connectivity index (χ1n) is 9.35. The van der Waals surface area contributed by atoms with Crippen LogP contribution in [0.3, 0.4) is 0 Å². The lowest BCUT2D eigenvalue weighted by Crippen LogP contribution is -2.25. The summed E-state index contributed by atoms with van der Waals surface area (Å²) in [5.74, 6) is 2.10. The van der Waals surface area contributed by atoms with Crippen LogP contribution in [0, 0.1) is 20.8 Å². The number of anilines is 1. The molecule has 3 aromatic rings. The number of methoxy groups -OCH3 is 2. The van der Waals surface area contributed by atoms with Gasteiger partial charge in [0.25, 0.3) is 5.95 Å². The van der Waals surface area contributed by atoms with Gasteiger partial charge in [0, 0.05) is 29.3 Å². The minimum absolute atomic E-state index is 0.0807. The van der Waals surface area contributed by atoms with Gasteiger partial charge in [-0.1, -0.05) is 6.07 Å². The van der Waals surface area contributed by atoms with Gasteiger partial charge in [-0.3, -0.25) is 4.79 Å². The third kappa shape index (κ3) is 3.30. The second-order valence-corrected chi connectivity index (χ2v) is 7.13. The molecule has 0 aliphatic carbocycles. The van der Waals surface area contributed by atoms with E-state index in [1.165, 1.54) is 0 Å². The Morgan fingerprint density at radius 2 is 1.72 bits per heavy atom. The lowest BCUT2D eigenvalue weighted by molar-refractivity contribution is -0.116. The molecule has 150 valence electrons. The highest BCUT2D eigenvalue weighted by Gasteiger charge is 2.33. The molecule has 1 aliphatic heterocycles. The van der Waals surface area contributed by atoms with Crippen molar-refractivity contribution in [2.75, 3.05) is 19.5 Å². The number of benzene rings is 1. The zero-order valence-corrected chi connectivity index (χ0v) is 17.1. The number of ether oxygens (including phenoxy) is 2. The summed E-state index contributed by atoms with van der Waals surface area (Å²) in [4.78, 5) is 21.6. The Morgan fingerprint density at radius 1 is 1.03 bits per heavy atom. The van der Waals surface area contributed by atoms with Crippen LogP contribution in [-0.2, 0) is 4.79 Å². The second kappa shape index (κ2) is 7.20. The molecule has 1 N–H and O–H groups in total. The number of carbonyl (C=O) groups excluding carboxylic acids is 1. The highest BCUT2D eigenvalue weighted by Crippen LogP contribution is 2.42. The molecule has 1 atom stereocenters. The van der Waals surface area contributed by atoms with Gasteiger partial charge in [0.05, 0.1) is 19.9 Å². The van der Waals surface area contributed by atoms with Gasteiger partial charge in [-0.15, -0.1) is 0 Å². The Morgan fingerprint density at radius 3 is 2.38 bits per heavy atom. The van der Waals surface area contributed by atoms with Crippen molar-refractivity contribution in [3.8, 4) is 17.4 Å². The normalized spacial score (nSPS) is 15.6. The predicted molar refractivity (Wildman–Crippen MR) is 108 cm³/mol. The van der Waals surface area contributed by atoms with E-state index < -0.39 is 0 Å². The first-order valence-corrected chi connectivity index (χ1v) is 9.35. The zero-order chi connectivity index (χ0) is 20.7. The summed E-state index contributed by atoms with van der Waals surface area (Å²) in [5, 5.41) is 7.62. The fourth-order valence-electron chi connectivity index (χ4n) is 3.85. The molecule has 4 rings (SSSR count). The number of amides is 1. The van der Waals surface area contributed by atoms with E-state index in [1.54, 1.807) is 18.9 Å². The van der Waals surface area contributed by atoms with Crippen LogP contribution in [0.15, 0.2) is 24.3 Å². The fraction of sp³-hybridized carbons (Fsp3) is 0.333. The number of hydrogen-bond donors (Lipinski definition) is 1. The maximum Gasteiger partial charge on any atom is 0.252 e. The summed E-state index contributed by atoms with van der Waals surface area (Å²) in [6, 6.07) is 7.62. The van der Waals surface area contributed by atoms with E-state index in [0.717, 1.165) is 28.2 Å². The summed E-state index contributed by atoms with van der Waals surface area (Å²) in [6.07, 6.45) is 0.322. The van der Waals surface area contributed by atoms with Crippen molar-refractivity contribution in [1.29, 1.82) is 0 Å². The van der Waals surface area contributed by atoms with Crippen LogP contribution < -0.4 is 14.8 Å². The van der Waals surface area contributed by atoms with Crippen LogP contribution in [-0.4, -0.2) is 39.9 Å². The fourth-order valence-corrected chi connectivity index (χ4v) is 3.85. The summed E-state index contributed by atoms with van der Waals surface area (Å²) < 4.78 is 12.4. The molecule has 0 spiro atoms. The highest BCUT2D eigenvalue weighted by atomic mass is 16.5. The Kier molecular flexibility index (Phi) is 4.70. The smallest absolute Gasteiger partial charge is 0.252 e. The van der Waals surface area contributed by atoms with Gasteiger partial charge in [-0.05, 0) is 44.5 Å². The molecule has 0 radical (unpaired) electrons. The summed E-state index contributed by atoms with van der Waals surface area (Å²) in [7, 11) is 3.20. The average Bonchev–Trinajstić information content (AvgIpc) is 3.02. The van der Waals surface area contributed by atoms with E-state index in [1.807, 2.05) is 45.0 Å². The molecule has 2 aromatic heterocycles. The van der Waals surface area contributed by atoms with Crippen molar-refractivity contribution >= 4 is 11.7 Å². The van der Waals surface area contributed by atoms with Crippen molar-refractivity contribution in [1.82, 2.24) is 19.7 Å². The van der Waals surface area contributed by atoms with Crippen LogP contribution >= 0.6 is 0 Å². The largest absolute Gasteiger partial charge is 0.493 e. The summed E-state index contributed by atoms with van der Waals surface area (Å²) in [5.41, 5.74) is 4.42. The van der Waals surface area contributed by atoms with Crippen molar-refractivity contribution in [2.24, 2.45) is 0 Å². The molecular weight excluding hydrogens is 370 g/mol. The van der Waals surface area contributed by atoms with Gasteiger partial charge >= 0.3 is 0 Å². The van der Waals surface area contributed by atoms with Gasteiger partial charge in [0.2, 0.25) is 5.91 Å². The number of fused-ring (bicyclic) bond motifs is 1. The topological polar surface area (TPSA) is 91.2 Å². The standard InChI is InChI=1S/C21H23N5O3/c1-11-8-12(2)23-21(22-11)26-20-19(13(3)25-26)15(10-18(27)24-20)14-6-7-16(28-4)17(9-14)29-5/h6-9,15H,10H2,1-5H3,(H,24,27). The van der Waals surface area contributed by atoms with Gasteiger partial charge in [-0.25, -0.2) is 9.97 Å². The number of carbonyl (C=O) groups is 1. The third-order valence-corrected chi connectivity index (χ3v) is 5.07. The molecule has 1 amide bonds. The first-order chi connectivity index (χ1) is 13.9. The maximum absolute atomic E-state index is 12.6. The minimum atomic E-state index is -0.154. The van der Waals surface area contributed by atoms with Crippen molar-refractivity contribution < 1.29 is 14.3 Å². The molecule has 8 nitrogen and oxygen atoms in total. The summed E-state index contributed by atoms with van der Waals surface area (Å²) >= 11 is 0. The molecule has 0 bridgehead atoms. The number of rotatable bonds is 4. The van der Waals surface area contributed by atoms with Gasteiger partial charge in [-0.2, -0.15) is 9.78 Å². The second-order valence-electron chi connectivity index (χ2n) is 7.13. The Bertz CT molecular complexity index is 1090. The molecule has 0 saturated carbocycles. The van der Waals surface area contributed by atoms with Crippen LogP contribution in [0.25, 0.3) is 5.95 Å². The number of hydrogen-bond acceptors (Lipinski definition) is 6. The molecule has 29 heavy (non-hydrogen) atoms. The summed E-state index contributed by atoms with van der Waals surface area (Å²) in [6.45, 7) is 5.75. The molecule has 3 heterocycles. The SMILES string of the molecule is COc1ccc(C2CC(=O)Nc3c2c(C)nn3-c2nc(C)cc(C)n2)cc1OC. The number of nitrogens with zero attached hydrogens (tertiary/aromatic N) is 4. The first kappa shape index (κ1) is 18.9. The Labute approximate surface area is 168 Å². The van der Waals surface area contributed by atoms with E-state index >= 15 is 0 Å². The van der Waals surface area contributed by atoms with Gasteiger partial charge in [0.15, 0.2) is 11.5 Å². The predicted octanol–water partition coefficient (Wildman–Crippen LogP) is 3.08. The number of nitrogens with one attached hydrogen (secondary N) is 1. The Balaban J connectivity index is 1.86. The molecule has 1 unspecified atom stereocenters. The maximum atomic E-state index is 12.6. The van der Waals surface area contributed by atoms with Crippen LogP contribution in [0.2, 0.25) is 0 Å². The van der Waals surface area contributed by atoms with E-state index in [-0.39, 0.29) is 11.8 Å². The number of aryl methyl sites for hydroxylation is 3. The van der Waals surface area contributed by atoms with Crippen LogP contribution in [0.5, 0.6) is 11.5 Å². The molecular formula is C21H23N5O3. The van der Waals surface area contributed by atoms with E-state index in [0.29, 0.717) is 29.7 Å². The van der Waals surface area contributed by atoms with E-state index in [4.69, 9.17) is 9.47 Å². The van der Waals surface area contributed by atoms with Gasteiger partial charge < -0.3 is 14.8 Å². The number of aromatic nitrogens is 4. The highest BCUT2D eigenvalue weighted by molar-refractivity contribution is 5.95. The van der Waals surface area contributed by atoms with Crippen molar-refractivity contribution in [3.05, 3.63) is 52.5 Å². The third-order valence-electron chi connectivity index (χ3n) is 5.07. The van der Waals surface area contributed by atoms with Crippen molar-refractivity contribution in [2.45, 2.75) is 33.1 Å². The average molecular weight is 393 g/mol. The van der Waals surface area contributed by atoms with Crippen LogP contribution in [0.4, 0.5) is 5.82 Å². The molecule has 0 fully saturated rings. The van der Waals surface area contributed by atoms with Crippen LogP contribution in [0.1, 0.15) is 40.5 Å². The lowest BCUT2D eigenvalue weighted by atomic mass is 9.85. The molecule has 1 aromatic carbocycles. The van der Waals surface area contributed by atoms with E-state index in [9.17, 15) is 4.79 Å². The zero-order valence-electron chi connectivity index (χ0n) is 17.1. The lowest BCUT2D eigenvalue weighted by Gasteiger charge is -2.24. The monoisotopic (exact) mass is 393 g/mol.